The largest absolute Gasteiger partial charge is 0.392 e. The van der Waals surface area contributed by atoms with Crippen LogP contribution in [0.5, 0.6) is 0 Å². The highest BCUT2D eigenvalue weighted by atomic mass is 16.5. The summed E-state index contributed by atoms with van der Waals surface area (Å²) in [6.07, 6.45) is 0.800. The molecule has 1 aromatic carbocycles. The van der Waals surface area contributed by atoms with Gasteiger partial charge in [-0.3, -0.25) is 4.90 Å². The van der Waals surface area contributed by atoms with E-state index in [2.05, 4.69) is 17.0 Å². The third-order valence-corrected chi connectivity index (χ3v) is 4.01. The van der Waals surface area contributed by atoms with Gasteiger partial charge in [-0.05, 0) is 18.9 Å². The lowest BCUT2D eigenvalue weighted by Crippen LogP contribution is -2.42. The van der Waals surface area contributed by atoms with Crippen LogP contribution in [-0.4, -0.2) is 34.4 Å². The van der Waals surface area contributed by atoms with Crippen molar-refractivity contribution < 1.29 is 9.63 Å². The molecule has 2 unspecified atom stereocenters. The van der Waals surface area contributed by atoms with Gasteiger partial charge in [-0.1, -0.05) is 42.4 Å². The molecule has 3 rings (SSSR count). The molecule has 106 valence electrons. The number of likely N-dealkylation sites (tertiary alicyclic amines) is 1. The standard InChI is InChI=1S/C16H20N2O2/c1-12-7-8-18(11-15(12)19)10-14-9-16(20-17-14)13-5-3-2-4-6-13/h2-6,9,12,15,19H,7-8,10-11H2,1H3. The van der Waals surface area contributed by atoms with Gasteiger partial charge in [-0.2, -0.15) is 0 Å². The first kappa shape index (κ1) is 13.3. The molecule has 2 aromatic rings. The zero-order chi connectivity index (χ0) is 13.9. The van der Waals surface area contributed by atoms with Crippen LogP contribution in [0.1, 0.15) is 19.0 Å². The van der Waals surface area contributed by atoms with Crippen LogP contribution >= 0.6 is 0 Å². The Morgan fingerprint density at radius 3 is 2.90 bits per heavy atom. The van der Waals surface area contributed by atoms with E-state index in [4.69, 9.17) is 4.52 Å². The molecule has 1 saturated heterocycles. The molecule has 1 aliphatic heterocycles. The van der Waals surface area contributed by atoms with Gasteiger partial charge in [0.1, 0.15) is 0 Å². The quantitative estimate of drug-likeness (QED) is 0.933. The molecule has 1 N–H and O–H groups in total. The number of nitrogens with zero attached hydrogens (tertiary/aromatic N) is 2. The van der Waals surface area contributed by atoms with E-state index in [1.54, 1.807) is 0 Å². The monoisotopic (exact) mass is 272 g/mol. The number of piperidine rings is 1. The van der Waals surface area contributed by atoms with Gasteiger partial charge in [0.15, 0.2) is 5.76 Å². The van der Waals surface area contributed by atoms with Crippen molar-refractivity contribution >= 4 is 0 Å². The van der Waals surface area contributed by atoms with E-state index >= 15 is 0 Å². The second kappa shape index (κ2) is 5.77. The molecule has 1 fully saturated rings. The average molecular weight is 272 g/mol. The van der Waals surface area contributed by atoms with Crippen molar-refractivity contribution in [1.82, 2.24) is 10.1 Å². The fourth-order valence-corrected chi connectivity index (χ4v) is 2.61. The predicted octanol–water partition coefficient (Wildman–Crippen LogP) is 2.54. The number of rotatable bonds is 3. The smallest absolute Gasteiger partial charge is 0.167 e. The average Bonchev–Trinajstić information content (AvgIpc) is 2.92. The summed E-state index contributed by atoms with van der Waals surface area (Å²) in [6, 6.07) is 12.0. The van der Waals surface area contributed by atoms with Crippen LogP contribution < -0.4 is 0 Å². The van der Waals surface area contributed by atoms with Crippen molar-refractivity contribution in [2.45, 2.75) is 26.0 Å². The van der Waals surface area contributed by atoms with Crippen molar-refractivity contribution in [3.05, 3.63) is 42.1 Å². The van der Waals surface area contributed by atoms with E-state index in [1.807, 2.05) is 36.4 Å². The fraction of sp³-hybridized carbons (Fsp3) is 0.438. The lowest BCUT2D eigenvalue weighted by Gasteiger charge is -2.33. The Labute approximate surface area is 119 Å². The summed E-state index contributed by atoms with van der Waals surface area (Å²) < 4.78 is 5.40. The molecule has 2 heterocycles. The minimum atomic E-state index is -0.232. The highest BCUT2D eigenvalue weighted by Gasteiger charge is 2.24. The molecule has 0 radical (unpaired) electrons. The Morgan fingerprint density at radius 1 is 1.35 bits per heavy atom. The summed E-state index contributed by atoms with van der Waals surface area (Å²) in [7, 11) is 0. The second-order valence-electron chi connectivity index (χ2n) is 5.62. The molecular weight excluding hydrogens is 252 g/mol. The number of aliphatic hydroxyl groups is 1. The number of aromatic nitrogens is 1. The molecule has 0 bridgehead atoms. The number of benzene rings is 1. The van der Waals surface area contributed by atoms with Gasteiger partial charge in [0.2, 0.25) is 0 Å². The summed E-state index contributed by atoms with van der Waals surface area (Å²) in [4.78, 5) is 2.23. The minimum Gasteiger partial charge on any atom is -0.392 e. The number of β-amino-alcohol motifs (C(OH)–C–C–N with tert-alkyl or cyclic N) is 1. The first-order chi connectivity index (χ1) is 9.72. The third-order valence-electron chi connectivity index (χ3n) is 4.01. The van der Waals surface area contributed by atoms with Gasteiger partial charge in [-0.15, -0.1) is 0 Å². The van der Waals surface area contributed by atoms with Crippen LogP contribution in [0.15, 0.2) is 40.9 Å². The summed E-state index contributed by atoms with van der Waals surface area (Å²) in [5.74, 6) is 1.19. The topological polar surface area (TPSA) is 49.5 Å². The van der Waals surface area contributed by atoms with Crippen LogP contribution in [0.2, 0.25) is 0 Å². The third kappa shape index (κ3) is 2.92. The van der Waals surface area contributed by atoms with Crippen LogP contribution in [0.25, 0.3) is 11.3 Å². The van der Waals surface area contributed by atoms with E-state index in [-0.39, 0.29) is 6.10 Å². The maximum Gasteiger partial charge on any atom is 0.167 e. The molecule has 1 aliphatic rings. The molecule has 0 saturated carbocycles. The molecule has 20 heavy (non-hydrogen) atoms. The molecule has 0 aliphatic carbocycles. The highest BCUT2D eigenvalue weighted by Crippen LogP contribution is 2.22. The van der Waals surface area contributed by atoms with E-state index in [0.717, 1.165) is 36.5 Å². The summed E-state index contributed by atoms with van der Waals surface area (Å²) in [5.41, 5.74) is 1.96. The Bertz CT molecular complexity index is 553. The van der Waals surface area contributed by atoms with E-state index in [1.165, 1.54) is 0 Å². The van der Waals surface area contributed by atoms with Gasteiger partial charge in [-0.25, -0.2) is 0 Å². The Balaban J connectivity index is 1.66. The lowest BCUT2D eigenvalue weighted by molar-refractivity contribution is 0.0251. The van der Waals surface area contributed by atoms with Crippen LogP contribution in [0.4, 0.5) is 0 Å². The lowest BCUT2D eigenvalue weighted by atomic mass is 9.96. The Kier molecular flexibility index (Phi) is 3.85. The predicted molar refractivity (Wildman–Crippen MR) is 77.0 cm³/mol. The van der Waals surface area contributed by atoms with E-state index in [9.17, 15) is 5.11 Å². The summed E-state index contributed by atoms with van der Waals surface area (Å²) >= 11 is 0. The maximum atomic E-state index is 9.92. The van der Waals surface area contributed by atoms with Gasteiger partial charge >= 0.3 is 0 Å². The maximum absolute atomic E-state index is 9.92. The van der Waals surface area contributed by atoms with Crippen LogP contribution in [-0.2, 0) is 6.54 Å². The normalized spacial score (nSPS) is 23.9. The number of hydrogen-bond donors (Lipinski definition) is 1. The van der Waals surface area contributed by atoms with Crippen LogP contribution in [0.3, 0.4) is 0 Å². The second-order valence-corrected chi connectivity index (χ2v) is 5.62. The fourth-order valence-electron chi connectivity index (χ4n) is 2.61. The summed E-state index contributed by atoms with van der Waals surface area (Å²) in [6.45, 7) is 4.56. The minimum absolute atomic E-state index is 0.232. The number of hydrogen-bond acceptors (Lipinski definition) is 4. The van der Waals surface area contributed by atoms with Crippen molar-refractivity contribution in [3.63, 3.8) is 0 Å². The Hall–Kier alpha value is -1.65. The highest BCUT2D eigenvalue weighted by molar-refractivity contribution is 5.56. The molecular formula is C16H20N2O2. The van der Waals surface area contributed by atoms with Gasteiger partial charge in [0.25, 0.3) is 0 Å². The zero-order valence-corrected chi connectivity index (χ0v) is 11.7. The zero-order valence-electron chi connectivity index (χ0n) is 11.7. The van der Waals surface area contributed by atoms with Crippen molar-refractivity contribution in [3.8, 4) is 11.3 Å². The summed E-state index contributed by atoms with van der Waals surface area (Å²) in [5, 5.41) is 14.1. The van der Waals surface area contributed by atoms with Gasteiger partial charge < -0.3 is 9.63 Å². The van der Waals surface area contributed by atoms with Crippen molar-refractivity contribution in [2.75, 3.05) is 13.1 Å². The molecule has 4 nitrogen and oxygen atoms in total. The van der Waals surface area contributed by atoms with Crippen molar-refractivity contribution in [2.24, 2.45) is 5.92 Å². The SMILES string of the molecule is CC1CCN(Cc2cc(-c3ccccc3)on2)CC1O. The van der Waals surface area contributed by atoms with Gasteiger partial charge in [0.05, 0.1) is 11.8 Å². The first-order valence-electron chi connectivity index (χ1n) is 7.14. The molecule has 4 heteroatoms. The molecule has 2 atom stereocenters. The van der Waals surface area contributed by atoms with Gasteiger partial charge in [0, 0.05) is 24.7 Å². The molecule has 1 aromatic heterocycles. The molecule has 0 spiro atoms. The van der Waals surface area contributed by atoms with E-state index < -0.39 is 0 Å². The van der Waals surface area contributed by atoms with Crippen molar-refractivity contribution in [1.29, 1.82) is 0 Å². The Morgan fingerprint density at radius 2 is 2.15 bits per heavy atom. The van der Waals surface area contributed by atoms with E-state index in [0.29, 0.717) is 12.5 Å². The molecule has 0 amide bonds. The number of aliphatic hydroxyl groups excluding tert-OH is 1. The first-order valence-corrected chi connectivity index (χ1v) is 7.14. The van der Waals surface area contributed by atoms with Crippen LogP contribution in [0, 0.1) is 5.92 Å².